The summed E-state index contributed by atoms with van der Waals surface area (Å²) < 4.78 is 11.3. The Hall–Kier alpha value is -0.250. The first-order valence-corrected chi connectivity index (χ1v) is 5.65. The smallest absolute Gasteiger partial charge is 0.189 e. The van der Waals surface area contributed by atoms with E-state index in [1.165, 1.54) is 0 Å². The van der Waals surface area contributed by atoms with Crippen LogP contribution in [0.3, 0.4) is 0 Å². The molecule has 0 aliphatic rings. The lowest BCUT2D eigenvalue weighted by Gasteiger charge is -2.08. The van der Waals surface area contributed by atoms with Crippen LogP contribution in [0.25, 0.3) is 0 Å². The zero-order valence-corrected chi connectivity index (χ0v) is 10.3. The monoisotopic (exact) mass is 278 g/mol. The molecule has 0 spiro atoms. The summed E-state index contributed by atoms with van der Waals surface area (Å²) in [5, 5.41) is 0. The molecule has 14 heavy (non-hydrogen) atoms. The molecule has 0 N–H and O–H groups in total. The van der Waals surface area contributed by atoms with Crippen molar-refractivity contribution in [3.05, 3.63) is 28.2 Å². The highest BCUT2D eigenvalue weighted by Gasteiger charge is 2.01. The summed E-state index contributed by atoms with van der Waals surface area (Å²) in [4.78, 5) is 0. The maximum Gasteiger partial charge on any atom is 0.189 e. The molecule has 2 nitrogen and oxygen atoms in total. The van der Waals surface area contributed by atoms with E-state index in [-0.39, 0.29) is 6.79 Å². The van der Waals surface area contributed by atoms with Crippen LogP contribution < -0.4 is 4.74 Å². The largest absolute Gasteiger partial charge is 0.466 e. The molecule has 0 bridgehead atoms. The van der Waals surface area contributed by atoms with Crippen molar-refractivity contribution >= 4 is 27.5 Å². The Morgan fingerprint density at radius 1 is 1.43 bits per heavy atom. The Bertz CT molecular complexity index is 291. The third kappa shape index (κ3) is 3.48. The molecule has 0 heterocycles. The highest BCUT2D eigenvalue weighted by molar-refractivity contribution is 9.10. The minimum atomic E-state index is 0.273. The molecule has 0 aliphatic carbocycles. The average Bonchev–Trinajstić information content (AvgIpc) is 2.20. The molecule has 0 amide bonds. The molecule has 4 heteroatoms. The third-order valence-corrected chi connectivity index (χ3v) is 2.58. The number of halogens is 2. The molecular formula is C10H12BrClO2. The molecule has 0 fully saturated rings. The number of alkyl halides is 1. The van der Waals surface area contributed by atoms with Crippen molar-refractivity contribution in [1.29, 1.82) is 0 Å². The Labute approximate surface area is 97.3 Å². The highest BCUT2D eigenvalue weighted by atomic mass is 79.9. The SMILES string of the molecule is CCOCOc1ccc(CCl)cc1Br. The number of hydrogen-bond acceptors (Lipinski definition) is 2. The maximum absolute atomic E-state index is 5.69. The van der Waals surface area contributed by atoms with Gasteiger partial charge < -0.3 is 9.47 Å². The molecule has 78 valence electrons. The van der Waals surface area contributed by atoms with E-state index >= 15 is 0 Å². The summed E-state index contributed by atoms with van der Waals surface area (Å²) >= 11 is 9.09. The van der Waals surface area contributed by atoms with Gasteiger partial charge in [-0.3, -0.25) is 0 Å². The fraction of sp³-hybridized carbons (Fsp3) is 0.400. The van der Waals surface area contributed by atoms with Crippen molar-refractivity contribution in [2.75, 3.05) is 13.4 Å². The van der Waals surface area contributed by atoms with Gasteiger partial charge in [-0.1, -0.05) is 6.07 Å². The molecule has 1 rings (SSSR count). The predicted octanol–water partition coefficient (Wildman–Crippen LogP) is 3.56. The summed E-state index contributed by atoms with van der Waals surface area (Å²) in [5.74, 6) is 1.27. The molecule has 0 saturated carbocycles. The first-order chi connectivity index (χ1) is 6.77. The van der Waals surface area contributed by atoms with Crippen molar-refractivity contribution in [3.8, 4) is 5.75 Å². The van der Waals surface area contributed by atoms with Crippen LogP contribution in [0.15, 0.2) is 22.7 Å². The molecular weight excluding hydrogens is 267 g/mol. The van der Waals surface area contributed by atoms with Crippen molar-refractivity contribution in [1.82, 2.24) is 0 Å². The van der Waals surface area contributed by atoms with Crippen LogP contribution in [0.1, 0.15) is 12.5 Å². The first-order valence-electron chi connectivity index (χ1n) is 4.33. The second-order valence-electron chi connectivity index (χ2n) is 2.65. The summed E-state index contributed by atoms with van der Waals surface area (Å²) in [7, 11) is 0. The number of benzene rings is 1. The van der Waals surface area contributed by atoms with E-state index < -0.39 is 0 Å². The second kappa shape index (κ2) is 6.27. The molecule has 0 aliphatic heterocycles. The van der Waals surface area contributed by atoms with Gasteiger partial charge in [0.05, 0.1) is 4.47 Å². The van der Waals surface area contributed by atoms with Gasteiger partial charge in [0, 0.05) is 12.5 Å². The van der Waals surface area contributed by atoms with E-state index in [2.05, 4.69) is 15.9 Å². The molecule has 0 aromatic heterocycles. The molecule has 1 aromatic carbocycles. The van der Waals surface area contributed by atoms with Crippen LogP contribution in [0.4, 0.5) is 0 Å². The van der Waals surface area contributed by atoms with Crippen molar-refractivity contribution < 1.29 is 9.47 Å². The van der Waals surface area contributed by atoms with Crippen LogP contribution in [0.5, 0.6) is 5.75 Å². The van der Waals surface area contributed by atoms with E-state index in [1.807, 2.05) is 25.1 Å². The number of hydrogen-bond donors (Lipinski definition) is 0. The van der Waals surface area contributed by atoms with Gasteiger partial charge in [-0.05, 0) is 40.5 Å². The van der Waals surface area contributed by atoms with Crippen LogP contribution >= 0.6 is 27.5 Å². The van der Waals surface area contributed by atoms with Gasteiger partial charge in [-0.15, -0.1) is 11.6 Å². The fourth-order valence-electron chi connectivity index (χ4n) is 0.933. The summed E-state index contributed by atoms with van der Waals surface area (Å²) in [5.41, 5.74) is 1.06. The Kier molecular flexibility index (Phi) is 5.30. The molecule has 1 aromatic rings. The number of rotatable bonds is 5. The Balaban J connectivity index is 2.59. The van der Waals surface area contributed by atoms with Gasteiger partial charge in [-0.2, -0.15) is 0 Å². The number of ether oxygens (including phenoxy) is 2. The summed E-state index contributed by atoms with van der Waals surface area (Å²) in [6, 6.07) is 5.74. The van der Waals surface area contributed by atoms with Gasteiger partial charge in [0.15, 0.2) is 6.79 Å². The topological polar surface area (TPSA) is 18.5 Å². The Morgan fingerprint density at radius 2 is 2.21 bits per heavy atom. The van der Waals surface area contributed by atoms with Crippen molar-refractivity contribution in [2.45, 2.75) is 12.8 Å². The first kappa shape index (κ1) is 11.8. The van der Waals surface area contributed by atoms with Gasteiger partial charge in [0.1, 0.15) is 5.75 Å². The van der Waals surface area contributed by atoms with Gasteiger partial charge in [0.25, 0.3) is 0 Å². The van der Waals surface area contributed by atoms with E-state index in [9.17, 15) is 0 Å². The summed E-state index contributed by atoms with van der Waals surface area (Å²) in [6.07, 6.45) is 0. The third-order valence-electron chi connectivity index (χ3n) is 1.65. The van der Waals surface area contributed by atoms with E-state index in [4.69, 9.17) is 21.1 Å². The standard InChI is InChI=1S/C10H12BrClO2/c1-2-13-7-14-10-4-3-8(6-12)5-9(10)11/h3-5H,2,6-7H2,1H3. The normalized spacial score (nSPS) is 10.2. The molecule has 0 saturated heterocycles. The highest BCUT2D eigenvalue weighted by Crippen LogP contribution is 2.26. The van der Waals surface area contributed by atoms with E-state index in [0.29, 0.717) is 12.5 Å². The minimum absolute atomic E-state index is 0.273. The minimum Gasteiger partial charge on any atom is -0.466 e. The lowest BCUT2D eigenvalue weighted by Crippen LogP contribution is -2.02. The van der Waals surface area contributed by atoms with Crippen LogP contribution in [0.2, 0.25) is 0 Å². The summed E-state index contributed by atoms with van der Waals surface area (Å²) in [6.45, 7) is 2.85. The Morgan fingerprint density at radius 3 is 2.79 bits per heavy atom. The lowest BCUT2D eigenvalue weighted by molar-refractivity contribution is 0.0219. The van der Waals surface area contributed by atoms with Crippen LogP contribution in [-0.4, -0.2) is 13.4 Å². The van der Waals surface area contributed by atoms with Gasteiger partial charge in [0.2, 0.25) is 0 Å². The quantitative estimate of drug-likeness (QED) is 0.466. The zero-order chi connectivity index (χ0) is 10.4. The van der Waals surface area contributed by atoms with Crippen molar-refractivity contribution in [3.63, 3.8) is 0 Å². The fourth-order valence-corrected chi connectivity index (χ4v) is 1.64. The van der Waals surface area contributed by atoms with Gasteiger partial charge >= 0.3 is 0 Å². The molecule has 0 atom stereocenters. The predicted molar refractivity (Wildman–Crippen MR) is 60.8 cm³/mol. The zero-order valence-electron chi connectivity index (χ0n) is 7.93. The van der Waals surface area contributed by atoms with Crippen LogP contribution in [0, 0.1) is 0 Å². The van der Waals surface area contributed by atoms with Gasteiger partial charge in [-0.25, -0.2) is 0 Å². The van der Waals surface area contributed by atoms with E-state index in [1.54, 1.807) is 0 Å². The average molecular weight is 280 g/mol. The maximum atomic E-state index is 5.69. The van der Waals surface area contributed by atoms with E-state index in [0.717, 1.165) is 15.8 Å². The molecule has 0 unspecified atom stereocenters. The molecule has 0 radical (unpaired) electrons. The van der Waals surface area contributed by atoms with Crippen molar-refractivity contribution in [2.24, 2.45) is 0 Å². The lowest BCUT2D eigenvalue weighted by atomic mass is 10.2. The van der Waals surface area contributed by atoms with Crippen LogP contribution in [-0.2, 0) is 10.6 Å². The second-order valence-corrected chi connectivity index (χ2v) is 3.77.